The number of amides is 1. The van der Waals surface area contributed by atoms with Crippen LogP contribution in [0.5, 0.6) is 0 Å². The second-order valence-corrected chi connectivity index (χ2v) is 21.4. The van der Waals surface area contributed by atoms with Gasteiger partial charge in [-0.25, -0.2) is 0 Å². The summed E-state index contributed by atoms with van der Waals surface area (Å²) in [6.45, 7) is 4.89. The fraction of sp³-hybridized carbons (Fsp3) is 0.846. The van der Waals surface area contributed by atoms with Gasteiger partial charge in [0.2, 0.25) is 5.91 Å². The van der Waals surface area contributed by atoms with Crippen molar-refractivity contribution in [3.63, 3.8) is 0 Å². The Balaban J connectivity index is 3.43. The molecular formula is C65H121NO5. The van der Waals surface area contributed by atoms with Crippen LogP contribution in [0.2, 0.25) is 0 Å². The molecule has 0 saturated carbocycles. The van der Waals surface area contributed by atoms with Crippen molar-refractivity contribution in [2.45, 2.75) is 341 Å². The van der Waals surface area contributed by atoms with E-state index in [1.165, 1.54) is 250 Å². The van der Waals surface area contributed by atoms with Gasteiger partial charge in [0.05, 0.1) is 25.4 Å². The normalized spacial score (nSPS) is 12.9. The number of rotatable bonds is 58. The van der Waals surface area contributed by atoms with Crippen molar-refractivity contribution in [1.29, 1.82) is 0 Å². The van der Waals surface area contributed by atoms with E-state index >= 15 is 0 Å². The first-order valence-corrected chi connectivity index (χ1v) is 31.4. The van der Waals surface area contributed by atoms with Gasteiger partial charge in [-0.15, -0.1) is 0 Å². The third-order valence-electron chi connectivity index (χ3n) is 14.3. The lowest BCUT2D eigenvalue weighted by Crippen LogP contribution is -2.45. The molecule has 0 aliphatic carbocycles. The number of esters is 1. The topological polar surface area (TPSA) is 95.9 Å². The predicted molar refractivity (Wildman–Crippen MR) is 310 cm³/mol. The smallest absolute Gasteiger partial charge is 0.305 e. The molecule has 0 aromatic rings. The first-order chi connectivity index (χ1) is 35.0. The summed E-state index contributed by atoms with van der Waals surface area (Å²) in [5.41, 5.74) is 0. The Labute approximate surface area is 442 Å². The average Bonchev–Trinajstić information content (AvgIpc) is 3.37. The Kier molecular flexibility index (Phi) is 58.5. The molecule has 0 heterocycles. The highest BCUT2D eigenvalue weighted by Crippen LogP contribution is 2.16. The molecule has 0 aromatic carbocycles. The summed E-state index contributed by atoms with van der Waals surface area (Å²) < 4.78 is 5.48. The number of nitrogens with one attached hydrogen (secondary N) is 1. The molecule has 0 aromatic heterocycles. The SMILES string of the molecule is CCCCCCCC/C=C\CCCCCCCC(=O)OCCCCCCCCCCC/C=C\C/C=C\CCCCCCCCCCCCCC(=O)NC(CO)C(O)/C=C/CCCCCCCCCCCC. The largest absolute Gasteiger partial charge is 0.466 e. The maximum absolute atomic E-state index is 12.4. The molecule has 3 N–H and O–H groups in total. The maximum atomic E-state index is 12.4. The van der Waals surface area contributed by atoms with Crippen molar-refractivity contribution in [3.05, 3.63) is 48.6 Å². The minimum Gasteiger partial charge on any atom is -0.466 e. The van der Waals surface area contributed by atoms with E-state index in [9.17, 15) is 19.8 Å². The summed E-state index contributed by atoms with van der Waals surface area (Å²) in [4.78, 5) is 24.5. The van der Waals surface area contributed by atoms with Crippen LogP contribution in [-0.4, -0.2) is 47.4 Å². The highest BCUT2D eigenvalue weighted by atomic mass is 16.5. The molecule has 0 saturated heterocycles. The van der Waals surface area contributed by atoms with Crippen LogP contribution in [0.15, 0.2) is 48.6 Å². The van der Waals surface area contributed by atoms with Crippen molar-refractivity contribution in [1.82, 2.24) is 5.32 Å². The fourth-order valence-electron chi connectivity index (χ4n) is 9.48. The molecule has 0 radical (unpaired) electrons. The van der Waals surface area contributed by atoms with Gasteiger partial charge in [0.1, 0.15) is 0 Å². The number of ether oxygens (including phenoxy) is 1. The molecule has 2 unspecified atom stereocenters. The molecule has 0 spiro atoms. The quantitative estimate of drug-likeness (QED) is 0.0321. The van der Waals surface area contributed by atoms with Crippen LogP contribution in [0, 0.1) is 0 Å². The summed E-state index contributed by atoms with van der Waals surface area (Å²) in [5, 5.41) is 23.1. The standard InChI is InChI=1S/C65H121NO5/c1-3-5-7-9-11-13-15-17-31-35-39-43-47-51-55-59-65(70)71-60-56-52-48-44-40-36-33-30-28-26-24-22-20-18-19-21-23-25-27-29-32-34-38-42-46-50-54-58-64(69)66-62(61-67)63(68)57-53-49-45-41-37-16-14-12-10-8-6-4-2/h17-19,22,24,31,53,57,62-63,67-68H,3-16,20-21,23,25-30,32-52,54-56,58-61H2,1-2H3,(H,66,69)/b19-18-,24-22-,31-17-,57-53+. The van der Waals surface area contributed by atoms with Crippen molar-refractivity contribution >= 4 is 11.9 Å². The van der Waals surface area contributed by atoms with E-state index in [0.717, 1.165) is 51.4 Å². The van der Waals surface area contributed by atoms with Crippen molar-refractivity contribution in [2.24, 2.45) is 0 Å². The summed E-state index contributed by atoms with van der Waals surface area (Å²) >= 11 is 0. The molecular weight excluding hydrogens is 875 g/mol. The molecule has 71 heavy (non-hydrogen) atoms. The summed E-state index contributed by atoms with van der Waals surface area (Å²) in [7, 11) is 0. The minimum atomic E-state index is -0.846. The lowest BCUT2D eigenvalue weighted by atomic mass is 10.0. The summed E-state index contributed by atoms with van der Waals surface area (Å²) in [6, 6.07) is -0.630. The average molecular weight is 997 g/mol. The molecule has 0 aliphatic heterocycles. The Hall–Kier alpha value is -2.18. The van der Waals surface area contributed by atoms with E-state index in [4.69, 9.17) is 4.74 Å². The van der Waals surface area contributed by atoms with Gasteiger partial charge in [-0.3, -0.25) is 9.59 Å². The van der Waals surface area contributed by atoms with E-state index in [-0.39, 0.29) is 18.5 Å². The zero-order chi connectivity index (χ0) is 51.4. The Morgan fingerprint density at radius 1 is 0.394 bits per heavy atom. The van der Waals surface area contributed by atoms with Gasteiger partial charge in [0, 0.05) is 12.8 Å². The van der Waals surface area contributed by atoms with Crippen molar-refractivity contribution < 1.29 is 24.5 Å². The number of hydrogen-bond acceptors (Lipinski definition) is 5. The summed E-state index contributed by atoms with van der Waals surface area (Å²) in [6.07, 6.45) is 77.3. The highest BCUT2D eigenvalue weighted by molar-refractivity contribution is 5.76. The van der Waals surface area contributed by atoms with Crippen LogP contribution < -0.4 is 5.32 Å². The van der Waals surface area contributed by atoms with Gasteiger partial charge in [-0.1, -0.05) is 274 Å². The molecule has 0 bridgehead atoms. The van der Waals surface area contributed by atoms with Crippen LogP contribution in [0.3, 0.4) is 0 Å². The Morgan fingerprint density at radius 2 is 0.704 bits per heavy atom. The van der Waals surface area contributed by atoms with Gasteiger partial charge in [0.15, 0.2) is 0 Å². The molecule has 1 amide bonds. The predicted octanol–water partition coefficient (Wildman–Crippen LogP) is 19.7. The van der Waals surface area contributed by atoms with Crippen LogP contribution in [0.25, 0.3) is 0 Å². The molecule has 0 fully saturated rings. The number of carbonyl (C=O) groups is 2. The highest BCUT2D eigenvalue weighted by Gasteiger charge is 2.18. The lowest BCUT2D eigenvalue weighted by molar-refractivity contribution is -0.143. The first-order valence-electron chi connectivity index (χ1n) is 31.4. The van der Waals surface area contributed by atoms with Crippen LogP contribution >= 0.6 is 0 Å². The third kappa shape index (κ3) is 57.0. The molecule has 2 atom stereocenters. The maximum Gasteiger partial charge on any atom is 0.305 e. The van der Waals surface area contributed by atoms with E-state index in [2.05, 4.69) is 55.6 Å². The zero-order valence-corrected chi connectivity index (χ0v) is 47.5. The third-order valence-corrected chi connectivity index (χ3v) is 14.3. The van der Waals surface area contributed by atoms with Crippen molar-refractivity contribution in [2.75, 3.05) is 13.2 Å². The summed E-state index contributed by atoms with van der Waals surface area (Å²) in [5.74, 6) is -0.0699. The zero-order valence-electron chi connectivity index (χ0n) is 47.5. The molecule has 6 nitrogen and oxygen atoms in total. The lowest BCUT2D eigenvalue weighted by Gasteiger charge is -2.20. The minimum absolute atomic E-state index is 0.00197. The van der Waals surface area contributed by atoms with Gasteiger partial charge < -0.3 is 20.3 Å². The number of aliphatic hydroxyl groups is 2. The molecule has 6 heteroatoms. The Bertz CT molecular complexity index is 1190. The van der Waals surface area contributed by atoms with E-state index < -0.39 is 12.1 Å². The second kappa shape index (κ2) is 60.4. The van der Waals surface area contributed by atoms with Crippen LogP contribution in [0.4, 0.5) is 0 Å². The van der Waals surface area contributed by atoms with Gasteiger partial charge >= 0.3 is 5.97 Å². The Morgan fingerprint density at radius 3 is 1.08 bits per heavy atom. The number of hydrogen-bond donors (Lipinski definition) is 3. The van der Waals surface area contributed by atoms with Gasteiger partial charge in [-0.05, 0) is 89.9 Å². The molecule has 0 aliphatic rings. The first kappa shape index (κ1) is 68.8. The van der Waals surface area contributed by atoms with Crippen LogP contribution in [-0.2, 0) is 14.3 Å². The van der Waals surface area contributed by atoms with Gasteiger partial charge in [0.25, 0.3) is 0 Å². The number of unbranched alkanes of at least 4 members (excludes halogenated alkanes) is 41. The van der Waals surface area contributed by atoms with E-state index in [0.29, 0.717) is 19.4 Å². The number of allylic oxidation sites excluding steroid dienone is 7. The van der Waals surface area contributed by atoms with E-state index in [1.807, 2.05) is 6.08 Å². The van der Waals surface area contributed by atoms with Crippen LogP contribution in [0.1, 0.15) is 328 Å². The fourth-order valence-corrected chi connectivity index (χ4v) is 9.48. The van der Waals surface area contributed by atoms with Crippen molar-refractivity contribution in [3.8, 4) is 0 Å². The number of carbonyl (C=O) groups excluding carboxylic acids is 2. The van der Waals surface area contributed by atoms with Gasteiger partial charge in [-0.2, -0.15) is 0 Å². The second-order valence-electron chi connectivity index (χ2n) is 21.4. The molecule has 416 valence electrons. The monoisotopic (exact) mass is 996 g/mol. The number of aliphatic hydroxyl groups excluding tert-OH is 2. The van der Waals surface area contributed by atoms with E-state index in [1.54, 1.807) is 6.08 Å². The molecule has 0 rings (SSSR count).